The number of hydrogen-bond acceptors (Lipinski definition) is 2. The van der Waals surface area contributed by atoms with Gasteiger partial charge in [-0.25, -0.2) is 13.2 Å². The van der Waals surface area contributed by atoms with Crippen LogP contribution < -0.4 is 5.32 Å². The predicted molar refractivity (Wildman–Crippen MR) is 98.1 cm³/mol. The van der Waals surface area contributed by atoms with Gasteiger partial charge in [-0.05, 0) is 54.7 Å². The number of hydrogen-bond donors (Lipinski definition) is 1. The van der Waals surface area contributed by atoms with Gasteiger partial charge in [0.1, 0.15) is 0 Å². The van der Waals surface area contributed by atoms with Gasteiger partial charge >= 0.3 is 0 Å². The molecule has 0 aliphatic heterocycles. The van der Waals surface area contributed by atoms with Gasteiger partial charge in [-0.15, -0.1) is 0 Å². The van der Waals surface area contributed by atoms with Gasteiger partial charge in [-0.3, -0.25) is 9.48 Å². The van der Waals surface area contributed by atoms with Crippen LogP contribution in [0.3, 0.4) is 0 Å². The van der Waals surface area contributed by atoms with E-state index in [4.69, 9.17) is 0 Å². The van der Waals surface area contributed by atoms with Crippen LogP contribution in [0.25, 0.3) is 11.1 Å². The molecule has 0 saturated carbocycles. The van der Waals surface area contributed by atoms with Crippen molar-refractivity contribution in [2.24, 2.45) is 7.05 Å². The van der Waals surface area contributed by atoms with Crippen molar-refractivity contribution in [1.82, 2.24) is 15.1 Å². The molecule has 7 heteroatoms. The normalized spacial score (nSPS) is 15.9. The number of carbonyl (C=O) groups is 1. The average Bonchev–Trinajstić information content (AvgIpc) is 3.07. The van der Waals surface area contributed by atoms with Crippen LogP contribution in [-0.4, -0.2) is 15.7 Å². The van der Waals surface area contributed by atoms with E-state index in [9.17, 15) is 18.0 Å². The first kappa shape index (κ1) is 18.3. The lowest BCUT2D eigenvalue weighted by molar-refractivity contribution is 0.0932. The van der Waals surface area contributed by atoms with E-state index in [1.807, 2.05) is 13.2 Å². The molecule has 1 aliphatic rings. The Labute approximate surface area is 160 Å². The van der Waals surface area contributed by atoms with Gasteiger partial charge in [0.25, 0.3) is 5.91 Å². The van der Waals surface area contributed by atoms with E-state index in [1.54, 1.807) is 28.9 Å². The van der Waals surface area contributed by atoms with Gasteiger partial charge in [0.2, 0.25) is 0 Å². The molecule has 1 aliphatic carbocycles. The molecule has 1 atom stereocenters. The Kier molecular flexibility index (Phi) is 4.66. The molecule has 144 valence electrons. The summed E-state index contributed by atoms with van der Waals surface area (Å²) in [6.45, 7) is 0. The van der Waals surface area contributed by atoms with Crippen LogP contribution in [0, 0.1) is 17.5 Å². The van der Waals surface area contributed by atoms with Crippen LogP contribution in [0.5, 0.6) is 0 Å². The molecule has 1 heterocycles. The maximum Gasteiger partial charge on any atom is 0.251 e. The molecule has 2 aromatic carbocycles. The second-order valence-electron chi connectivity index (χ2n) is 6.95. The van der Waals surface area contributed by atoms with Crippen LogP contribution in [0.15, 0.2) is 42.6 Å². The zero-order valence-corrected chi connectivity index (χ0v) is 15.2. The standard InChI is InChI=1S/C21H18F3N3O/c1-27-11-15-18(3-2-4-19(15)26-27)25-21(28)13-7-5-12(6-8-13)14-9-16(22)20(24)17(23)10-14/h5-11,18H,2-4H2,1H3,(H,25,28)/t18-/m0/s1. The lowest BCUT2D eigenvalue weighted by atomic mass is 9.93. The lowest BCUT2D eigenvalue weighted by Crippen LogP contribution is -2.30. The number of amides is 1. The first-order valence-electron chi connectivity index (χ1n) is 9.00. The Hall–Kier alpha value is -3.09. The second kappa shape index (κ2) is 7.14. The summed E-state index contributed by atoms with van der Waals surface area (Å²) in [4.78, 5) is 12.6. The summed E-state index contributed by atoms with van der Waals surface area (Å²) >= 11 is 0. The van der Waals surface area contributed by atoms with Crippen molar-refractivity contribution in [2.75, 3.05) is 0 Å². The van der Waals surface area contributed by atoms with Crippen molar-refractivity contribution in [1.29, 1.82) is 0 Å². The van der Waals surface area contributed by atoms with Crippen LogP contribution in [-0.2, 0) is 13.5 Å². The molecule has 3 aromatic rings. The monoisotopic (exact) mass is 385 g/mol. The van der Waals surface area contributed by atoms with Crippen molar-refractivity contribution in [3.8, 4) is 11.1 Å². The second-order valence-corrected chi connectivity index (χ2v) is 6.95. The van der Waals surface area contributed by atoms with Crippen LogP contribution in [0.4, 0.5) is 13.2 Å². The number of nitrogens with one attached hydrogen (secondary N) is 1. The highest BCUT2D eigenvalue weighted by Crippen LogP contribution is 2.29. The topological polar surface area (TPSA) is 46.9 Å². The molecule has 0 fully saturated rings. The fraction of sp³-hybridized carbons (Fsp3) is 0.238. The smallest absolute Gasteiger partial charge is 0.251 e. The van der Waals surface area contributed by atoms with Crippen LogP contribution >= 0.6 is 0 Å². The van der Waals surface area contributed by atoms with Crippen molar-refractivity contribution in [3.05, 3.63) is 76.9 Å². The molecule has 0 unspecified atom stereocenters. The molecule has 0 saturated heterocycles. The zero-order valence-electron chi connectivity index (χ0n) is 15.2. The van der Waals surface area contributed by atoms with Crippen molar-refractivity contribution in [3.63, 3.8) is 0 Å². The summed E-state index contributed by atoms with van der Waals surface area (Å²) in [6, 6.07) is 8.09. The van der Waals surface area contributed by atoms with Gasteiger partial charge in [-0.1, -0.05) is 12.1 Å². The zero-order chi connectivity index (χ0) is 19.8. The number of halogens is 3. The van der Waals surface area contributed by atoms with Crippen LogP contribution in [0.1, 0.15) is 40.5 Å². The Balaban J connectivity index is 1.52. The summed E-state index contributed by atoms with van der Waals surface area (Å²) in [5.41, 5.74) is 3.17. The van der Waals surface area contributed by atoms with E-state index >= 15 is 0 Å². The number of nitrogens with zero attached hydrogens (tertiary/aromatic N) is 2. The Morgan fingerprint density at radius 1 is 1.11 bits per heavy atom. The Morgan fingerprint density at radius 3 is 2.46 bits per heavy atom. The minimum absolute atomic E-state index is 0.0927. The van der Waals surface area contributed by atoms with Crippen molar-refractivity contribution in [2.45, 2.75) is 25.3 Å². The summed E-state index contributed by atoms with van der Waals surface area (Å²) in [5, 5.41) is 7.45. The number of aryl methyl sites for hydroxylation is 2. The molecular formula is C21H18F3N3O. The third-order valence-electron chi connectivity index (χ3n) is 4.99. The van der Waals surface area contributed by atoms with Crippen molar-refractivity contribution >= 4 is 5.91 Å². The van der Waals surface area contributed by atoms with Crippen LogP contribution in [0.2, 0.25) is 0 Å². The van der Waals surface area contributed by atoms with Crippen molar-refractivity contribution < 1.29 is 18.0 Å². The van der Waals surface area contributed by atoms with E-state index in [2.05, 4.69) is 10.4 Å². The molecule has 1 amide bonds. The highest BCUT2D eigenvalue weighted by molar-refractivity contribution is 5.95. The Bertz CT molecular complexity index is 1020. The van der Waals surface area contributed by atoms with Gasteiger partial charge in [0.05, 0.1) is 11.7 Å². The highest BCUT2D eigenvalue weighted by Gasteiger charge is 2.24. The van der Waals surface area contributed by atoms with E-state index < -0.39 is 17.5 Å². The first-order chi connectivity index (χ1) is 13.4. The SMILES string of the molecule is Cn1cc2c(n1)CCC[C@@H]2NC(=O)c1ccc(-c2cc(F)c(F)c(F)c2)cc1. The van der Waals surface area contributed by atoms with E-state index in [-0.39, 0.29) is 17.5 Å². The molecule has 1 N–H and O–H groups in total. The summed E-state index contributed by atoms with van der Waals surface area (Å²) in [6.07, 6.45) is 4.63. The molecule has 28 heavy (non-hydrogen) atoms. The Morgan fingerprint density at radius 2 is 1.79 bits per heavy atom. The molecule has 4 nitrogen and oxygen atoms in total. The molecular weight excluding hydrogens is 367 g/mol. The van der Waals surface area contributed by atoms with E-state index in [0.717, 1.165) is 42.7 Å². The number of aromatic nitrogens is 2. The highest BCUT2D eigenvalue weighted by atomic mass is 19.2. The van der Waals surface area contributed by atoms with Gasteiger partial charge < -0.3 is 5.32 Å². The maximum atomic E-state index is 13.4. The summed E-state index contributed by atoms with van der Waals surface area (Å²) < 4.78 is 41.7. The van der Waals surface area contributed by atoms with E-state index in [0.29, 0.717) is 11.1 Å². The predicted octanol–water partition coefficient (Wildman–Crippen LogP) is 4.31. The lowest BCUT2D eigenvalue weighted by Gasteiger charge is -2.22. The number of carbonyl (C=O) groups excluding carboxylic acids is 1. The third-order valence-corrected chi connectivity index (χ3v) is 4.99. The molecule has 1 aromatic heterocycles. The fourth-order valence-corrected chi connectivity index (χ4v) is 3.60. The quantitative estimate of drug-likeness (QED) is 0.683. The molecule has 0 radical (unpaired) electrons. The molecule has 0 bridgehead atoms. The van der Waals surface area contributed by atoms with Gasteiger partial charge in [-0.2, -0.15) is 5.10 Å². The first-order valence-corrected chi connectivity index (χ1v) is 9.00. The number of fused-ring (bicyclic) bond motifs is 1. The molecule has 4 rings (SSSR count). The molecule has 0 spiro atoms. The minimum Gasteiger partial charge on any atom is -0.345 e. The number of benzene rings is 2. The maximum absolute atomic E-state index is 13.4. The minimum atomic E-state index is -1.50. The fourth-order valence-electron chi connectivity index (χ4n) is 3.60. The van der Waals surface area contributed by atoms with E-state index in [1.165, 1.54) is 0 Å². The van der Waals surface area contributed by atoms with Gasteiger partial charge in [0.15, 0.2) is 17.5 Å². The summed E-state index contributed by atoms with van der Waals surface area (Å²) in [7, 11) is 1.86. The summed E-state index contributed by atoms with van der Waals surface area (Å²) in [5.74, 6) is -4.23. The largest absolute Gasteiger partial charge is 0.345 e. The average molecular weight is 385 g/mol. The third kappa shape index (κ3) is 3.40. The number of rotatable bonds is 3. The van der Waals surface area contributed by atoms with Gasteiger partial charge in [0, 0.05) is 24.4 Å².